The summed E-state index contributed by atoms with van der Waals surface area (Å²) in [5, 5.41) is 0. The molecule has 6 heterocycles. The maximum absolute atomic E-state index is 7.09. The first-order valence-corrected chi connectivity index (χ1v) is 18.5. The van der Waals surface area contributed by atoms with Crippen molar-refractivity contribution < 1.29 is 21.2 Å². The van der Waals surface area contributed by atoms with Gasteiger partial charge in [-0.25, -0.2) is 0 Å². The molecule has 0 aliphatic carbocycles. The molecule has 6 aliphatic heterocycles. The monoisotopic (exact) mass is 408 g/mol. The van der Waals surface area contributed by atoms with Crippen LogP contribution in [0.25, 0.3) is 0 Å². The molecule has 0 aromatic heterocycles. The highest BCUT2D eigenvalue weighted by Gasteiger charge is 2.68. The van der Waals surface area contributed by atoms with Crippen LogP contribution in [0.15, 0.2) is 36.5 Å². The minimum atomic E-state index is -2.29. The minimum absolute atomic E-state index is 0.381. The number of epoxide rings is 1. The average molecular weight is 409 g/mol. The molecule has 0 radical (unpaired) electrons. The average Bonchev–Trinajstić information content (AvgIpc) is 3.08. The maximum atomic E-state index is 7.09. The summed E-state index contributed by atoms with van der Waals surface area (Å²) in [5.74, 6) is 0. The molecule has 2 atom stereocenters. The van der Waals surface area contributed by atoms with Gasteiger partial charge in [0.1, 0.15) is 0 Å². The summed E-state index contributed by atoms with van der Waals surface area (Å²) < 4.78 is 34.0. The van der Waals surface area contributed by atoms with Gasteiger partial charge in [0.2, 0.25) is 0 Å². The third-order valence-electron chi connectivity index (χ3n) is 6.27. The van der Waals surface area contributed by atoms with Gasteiger partial charge in [-0.1, -0.05) is 36.5 Å². The number of allylic oxidation sites excluding steroid dienone is 6. The quantitative estimate of drug-likeness (QED) is 0.350. The van der Waals surface area contributed by atoms with Crippen molar-refractivity contribution in [3.05, 3.63) is 36.5 Å². The van der Waals surface area contributed by atoms with E-state index in [0.717, 1.165) is 48.4 Å². The molecule has 5 nitrogen and oxygen atoms in total. The van der Waals surface area contributed by atoms with Crippen molar-refractivity contribution in [3.63, 3.8) is 0 Å². The standard InChI is InChI=1S/C16H24O5Si4/c1-2-8-22(7-1)18-23(9-3-4-10-23)20-25(13-15-16(14-25)17-15)21-24(19-22)11-5-6-12-24/h1-6,15-16H,7-14H2. The van der Waals surface area contributed by atoms with Crippen molar-refractivity contribution >= 4 is 34.2 Å². The Morgan fingerprint density at radius 1 is 0.480 bits per heavy atom. The van der Waals surface area contributed by atoms with E-state index in [1.54, 1.807) is 0 Å². The summed E-state index contributed by atoms with van der Waals surface area (Å²) in [6.07, 6.45) is 14.3. The summed E-state index contributed by atoms with van der Waals surface area (Å²) in [4.78, 5) is 0. The number of ether oxygens (including phenoxy) is 1. The van der Waals surface area contributed by atoms with E-state index in [-0.39, 0.29) is 0 Å². The van der Waals surface area contributed by atoms with Crippen LogP contribution >= 0.6 is 0 Å². The van der Waals surface area contributed by atoms with Gasteiger partial charge in [0, 0.05) is 48.4 Å². The molecule has 9 heteroatoms. The zero-order valence-electron chi connectivity index (χ0n) is 14.3. The second-order valence-electron chi connectivity index (χ2n) is 8.31. The summed E-state index contributed by atoms with van der Waals surface area (Å²) in [7, 11) is -9.13. The lowest BCUT2D eigenvalue weighted by molar-refractivity contribution is 0.213. The Bertz CT molecular complexity index is 620. The Morgan fingerprint density at radius 3 is 1.16 bits per heavy atom. The fourth-order valence-electron chi connectivity index (χ4n) is 5.17. The van der Waals surface area contributed by atoms with Crippen molar-refractivity contribution in [1.29, 1.82) is 0 Å². The van der Waals surface area contributed by atoms with E-state index in [9.17, 15) is 0 Å². The van der Waals surface area contributed by atoms with Gasteiger partial charge < -0.3 is 21.2 Å². The first-order chi connectivity index (χ1) is 12.1. The number of hydrogen-bond donors (Lipinski definition) is 0. The molecule has 4 spiro atoms. The highest BCUT2D eigenvalue weighted by Crippen LogP contribution is 2.53. The Labute approximate surface area is 152 Å². The molecule has 3 fully saturated rings. The lowest BCUT2D eigenvalue weighted by atomic mass is 10.4. The fraction of sp³-hybridized carbons (Fsp3) is 0.625. The van der Waals surface area contributed by atoms with Gasteiger partial charge in [0.05, 0.1) is 12.2 Å². The highest BCUT2D eigenvalue weighted by molar-refractivity contribution is 6.96. The molecule has 6 aliphatic rings. The van der Waals surface area contributed by atoms with Crippen LogP contribution in [0.3, 0.4) is 0 Å². The van der Waals surface area contributed by atoms with Crippen molar-refractivity contribution in [3.8, 4) is 0 Å². The molecule has 0 aromatic carbocycles. The molecule has 25 heavy (non-hydrogen) atoms. The molecule has 0 amide bonds. The van der Waals surface area contributed by atoms with E-state index in [1.807, 2.05) is 0 Å². The minimum Gasteiger partial charge on any atom is -0.415 e. The summed E-state index contributed by atoms with van der Waals surface area (Å²) >= 11 is 0. The van der Waals surface area contributed by atoms with Crippen molar-refractivity contribution in [2.75, 3.05) is 0 Å². The van der Waals surface area contributed by atoms with Gasteiger partial charge in [-0.3, -0.25) is 0 Å². The molecule has 134 valence electrons. The van der Waals surface area contributed by atoms with Crippen LogP contribution in [0, 0.1) is 0 Å². The van der Waals surface area contributed by atoms with Crippen LogP contribution in [0.1, 0.15) is 0 Å². The van der Waals surface area contributed by atoms with E-state index in [2.05, 4.69) is 36.5 Å². The lowest BCUT2D eigenvalue weighted by Gasteiger charge is -2.50. The molecular formula is C16H24O5Si4. The highest BCUT2D eigenvalue weighted by atomic mass is 28.5. The Kier molecular flexibility index (Phi) is 3.33. The third-order valence-corrected chi connectivity index (χ3v) is 25.4. The number of hydrogen-bond acceptors (Lipinski definition) is 5. The number of rotatable bonds is 0. The van der Waals surface area contributed by atoms with Crippen LogP contribution in [-0.4, -0.2) is 46.5 Å². The molecule has 6 rings (SSSR count). The van der Waals surface area contributed by atoms with Crippen LogP contribution in [0.4, 0.5) is 0 Å². The zero-order chi connectivity index (χ0) is 16.6. The van der Waals surface area contributed by atoms with Gasteiger partial charge in [-0.15, -0.1) is 0 Å². The van der Waals surface area contributed by atoms with Crippen molar-refractivity contribution in [2.45, 2.75) is 60.6 Å². The molecule has 2 unspecified atom stereocenters. The van der Waals surface area contributed by atoms with Crippen LogP contribution < -0.4 is 0 Å². The second kappa shape index (κ2) is 5.24. The third kappa shape index (κ3) is 2.56. The van der Waals surface area contributed by atoms with E-state index in [4.69, 9.17) is 21.2 Å². The van der Waals surface area contributed by atoms with Gasteiger partial charge >= 0.3 is 34.2 Å². The summed E-state index contributed by atoms with van der Waals surface area (Å²) in [6.45, 7) is 0. The van der Waals surface area contributed by atoms with Gasteiger partial charge in [0.25, 0.3) is 0 Å². The Balaban J connectivity index is 1.39. The Morgan fingerprint density at radius 2 is 0.800 bits per heavy atom. The topological polar surface area (TPSA) is 49.5 Å². The van der Waals surface area contributed by atoms with E-state index in [1.165, 1.54) is 0 Å². The zero-order valence-corrected chi connectivity index (χ0v) is 18.3. The maximum Gasteiger partial charge on any atom is 0.328 e. The molecule has 0 bridgehead atoms. The second-order valence-corrected chi connectivity index (χ2v) is 22.1. The summed E-state index contributed by atoms with van der Waals surface area (Å²) in [6, 6.07) is 7.76. The van der Waals surface area contributed by atoms with Crippen molar-refractivity contribution in [2.24, 2.45) is 0 Å². The Hall–Kier alpha value is -0.112. The summed E-state index contributed by atoms with van der Waals surface area (Å²) in [5.41, 5.74) is 0. The fourth-order valence-corrected chi connectivity index (χ4v) is 29.3. The normalized spacial score (nSPS) is 44.2. The molecule has 0 aromatic rings. The SMILES string of the molecule is C1=CC[Si]2(C1)O[Si]1(CC=CC1)O[Si]1(CC3OC3C1)O[Si]1(CC=CC1)O2. The molecule has 0 saturated carbocycles. The predicted molar refractivity (Wildman–Crippen MR) is 102 cm³/mol. The molecular weight excluding hydrogens is 385 g/mol. The molecule has 3 saturated heterocycles. The van der Waals surface area contributed by atoms with Crippen LogP contribution in [0.2, 0.25) is 48.4 Å². The van der Waals surface area contributed by atoms with E-state index >= 15 is 0 Å². The van der Waals surface area contributed by atoms with Gasteiger partial charge in [-0.05, 0) is 0 Å². The van der Waals surface area contributed by atoms with Crippen LogP contribution in [-0.2, 0) is 21.2 Å². The lowest BCUT2D eigenvalue weighted by Crippen LogP contribution is -2.68. The first-order valence-electron chi connectivity index (χ1n) is 9.53. The van der Waals surface area contributed by atoms with E-state index < -0.39 is 34.2 Å². The smallest absolute Gasteiger partial charge is 0.328 e. The van der Waals surface area contributed by atoms with E-state index in [0.29, 0.717) is 12.2 Å². The predicted octanol–water partition coefficient (Wildman–Crippen LogP) is 3.33. The van der Waals surface area contributed by atoms with Crippen molar-refractivity contribution in [1.82, 2.24) is 0 Å². The molecule has 0 N–H and O–H groups in total. The largest absolute Gasteiger partial charge is 0.415 e. The van der Waals surface area contributed by atoms with Gasteiger partial charge in [-0.2, -0.15) is 0 Å². The van der Waals surface area contributed by atoms with Gasteiger partial charge in [0.15, 0.2) is 0 Å². The van der Waals surface area contributed by atoms with Crippen LogP contribution in [0.5, 0.6) is 0 Å². The first kappa shape index (κ1) is 15.9. The number of fused-ring (bicyclic) bond motifs is 1.